The lowest BCUT2D eigenvalue weighted by atomic mass is 10.2. The largest absolute Gasteiger partial charge is 0.348 e. The number of amides is 2. The van der Waals surface area contributed by atoms with Crippen molar-refractivity contribution in [1.82, 2.24) is 15.1 Å². The minimum absolute atomic E-state index is 0.128. The molecule has 31 heavy (non-hydrogen) atoms. The van der Waals surface area contributed by atoms with Gasteiger partial charge in [-0.3, -0.25) is 14.3 Å². The number of hydrogen-bond acceptors (Lipinski definition) is 3. The van der Waals surface area contributed by atoms with Crippen LogP contribution >= 0.6 is 0 Å². The molecule has 1 aromatic heterocycles. The maximum atomic E-state index is 13.2. The Morgan fingerprint density at radius 3 is 2.13 bits per heavy atom. The second kappa shape index (κ2) is 10.1. The lowest BCUT2D eigenvalue weighted by Gasteiger charge is -2.04. The van der Waals surface area contributed by atoms with Crippen LogP contribution in [0.15, 0.2) is 66.9 Å². The first-order valence-electron chi connectivity index (χ1n) is 9.38. The van der Waals surface area contributed by atoms with Crippen LogP contribution in [0.2, 0.25) is 0 Å². The molecule has 158 valence electrons. The quantitative estimate of drug-likeness (QED) is 0.571. The summed E-state index contributed by atoms with van der Waals surface area (Å²) >= 11 is 0. The minimum Gasteiger partial charge on any atom is -0.348 e. The monoisotopic (exact) mass is 422 g/mol. The van der Waals surface area contributed by atoms with E-state index in [4.69, 9.17) is 0 Å². The molecule has 0 aliphatic heterocycles. The molecule has 2 N–H and O–H groups in total. The van der Waals surface area contributed by atoms with Crippen LogP contribution in [0.3, 0.4) is 0 Å². The number of halogens is 2. The fourth-order valence-electron chi connectivity index (χ4n) is 2.74. The molecule has 8 heteroatoms. The van der Waals surface area contributed by atoms with Crippen LogP contribution in [-0.2, 0) is 23.2 Å². The summed E-state index contributed by atoms with van der Waals surface area (Å²) in [6.07, 6.45) is 7.22. The van der Waals surface area contributed by atoms with E-state index in [2.05, 4.69) is 15.7 Å². The van der Waals surface area contributed by atoms with Crippen molar-refractivity contribution in [3.63, 3.8) is 0 Å². The average molecular weight is 422 g/mol. The fourth-order valence-corrected chi connectivity index (χ4v) is 2.74. The number of benzene rings is 2. The molecule has 3 rings (SSSR count). The zero-order valence-corrected chi connectivity index (χ0v) is 16.7. The maximum absolute atomic E-state index is 13.2. The number of rotatable bonds is 7. The van der Waals surface area contributed by atoms with Crippen LogP contribution in [0.5, 0.6) is 0 Å². The summed E-state index contributed by atoms with van der Waals surface area (Å²) in [6.45, 7) is 0.128. The minimum atomic E-state index is -0.443. The number of aryl methyl sites for hydroxylation is 1. The van der Waals surface area contributed by atoms with Gasteiger partial charge in [0.1, 0.15) is 11.6 Å². The lowest BCUT2D eigenvalue weighted by molar-refractivity contribution is -0.116. The standard InChI is InChI=1S/C23H20F2N4O2/c1-29-15-18(14-26-21(30)10-8-16-4-2-6-19(24)12-16)23(28-29)27-22(31)11-9-17-5-3-7-20(25)13-17/h2-13,15H,14H2,1H3,(H,26,30)(H,27,28,31). The zero-order valence-electron chi connectivity index (χ0n) is 16.7. The molecule has 0 spiro atoms. The third-order valence-electron chi connectivity index (χ3n) is 4.15. The molecular formula is C23H20F2N4O2. The molecule has 2 aromatic carbocycles. The molecule has 0 radical (unpaired) electrons. The van der Waals surface area contributed by atoms with Gasteiger partial charge >= 0.3 is 0 Å². The van der Waals surface area contributed by atoms with Gasteiger partial charge in [0.25, 0.3) is 0 Å². The second-order valence-corrected chi connectivity index (χ2v) is 6.66. The number of anilines is 1. The molecule has 0 aliphatic carbocycles. The molecular weight excluding hydrogens is 402 g/mol. The van der Waals surface area contributed by atoms with Crippen molar-refractivity contribution in [1.29, 1.82) is 0 Å². The van der Waals surface area contributed by atoms with Crippen molar-refractivity contribution < 1.29 is 18.4 Å². The molecule has 0 unspecified atom stereocenters. The molecule has 0 aliphatic rings. The Bertz CT molecular complexity index is 1150. The van der Waals surface area contributed by atoms with E-state index in [0.29, 0.717) is 22.5 Å². The Balaban J connectivity index is 1.58. The third kappa shape index (κ3) is 6.74. The van der Waals surface area contributed by atoms with Gasteiger partial charge in [0, 0.05) is 37.5 Å². The van der Waals surface area contributed by atoms with Crippen molar-refractivity contribution >= 4 is 29.8 Å². The van der Waals surface area contributed by atoms with E-state index >= 15 is 0 Å². The van der Waals surface area contributed by atoms with Crippen LogP contribution in [-0.4, -0.2) is 21.6 Å². The molecule has 0 bridgehead atoms. The Kier molecular flexibility index (Phi) is 7.05. The van der Waals surface area contributed by atoms with Crippen LogP contribution in [0, 0.1) is 11.6 Å². The molecule has 0 fully saturated rings. The molecule has 2 amide bonds. The fraction of sp³-hybridized carbons (Fsp3) is 0.0870. The summed E-state index contributed by atoms with van der Waals surface area (Å²) in [4.78, 5) is 24.2. The molecule has 1 heterocycles. The van der Waals surface area contributed by atoms with Crippen molar-refractivity contribution in [3.8, 4) is 0 Å². The smallest absolute Gasteiger partial charge is 0.249 e. The molecule has 0 saturated heterocycles. The van der Waals surface area contributed by atoms with E-state index in [1.54, 1.807) is 37.5 Å². The normalized spacial score (nSPS) is 11.2. The molecule has 3 aromatic rings. The predicted molar refractivity (Wildman–Crippen MR) is 115 cm³/mol. The van der Waals surface area contributed by atoms with E-state index in [-0.39, 0.29) is 18.3 Å². The first-order chi connectivity index (χ1) is 14.9. The van der Waals surface area contributed by atoms with Gasteiger partial charge in [0.05, 0.1) is 0 Å². The number of carbonyl (C=O) groups excluding carboxylic acids is 2. The Morgan fingerprint density at radius 1 is 0.968 bits per heavy atom. The highest BCUT2D eigenvalue weighted by molar-refractivity contribution is 6.01. The van der Waals surface area contributed by atoms with Gasteiger partial charge in [-0.25, -0.2) is 8.78 Å². The van der Waals surface area contributed by atoms with Crippen molar-refractivity contribution in [2.45, 2.75) is 6.54 Å². The zero-order chi connectivity index (χ0) is 22.2. The van der Waals surface area contributed by atoms with Gasteiger partial charge in [-0.15, -0.1) is 0 Å². The first-order valence-corrected chi connectivity index (χ1v) is 9.38. The molecule has 0 atom stereocenters. The number of carbonyl (C=O) groups is 2. The summed E-state index contributed by atoms with van der Waals surface area (Å²) in [5, 5.41) is 9.51. The summed E-state index contributed by atoms with van der Waals surface area (Å²) in [5.41, 5.74) is 1.71. The van der Waals surface area contributed by atoms with E-state index < -0.39 is 11.7 Å². The molecule has 6 nitrogen and oxygen atoms in total. The van der Waals surface area contributed by atoms with Crippen LogP contribution in [0.1, 0.15) is 16.7 Å². The first kappa shape index (κ1) is 21.6. The van der Waals surface area contributed by atoms with E-state index in [0.717, 1.165) is 0 Å². The summed E-state index contributed by atoms with van der Waals surface area (Å²) in [6, 6.07) is 11.7. The van der Waals surface area contributed by atoms with Gasteiger partial charge < -0.3 is 10.6 Å². The van der Waals surface area contributed by atoms with Crippen molar-refractivity contribution in [2.24, 2.45) is 7.05 Å². The highest BCUT2D eigenvalue weighted by Crippen LogP contribution is 2.13. The van der Waals surface area contributed by atoms with E-state index in [1.807, 2.05) is 0 Å². The SMILES string of the molecule is Cn1cc(CNC(=O)C=Cc2cccc(F)c2)c(NC(=O)C=Cc2cccc(F)c2)n1. The van der Waals surface area contributed by atoms with Crippen LogP contribution < -0.4 is 10.6 Å². The van der Waals surface area contributed by atoms with E-state index in [9.17, 15) is 18.4 Å². The Labute approximate surface area is 177 Å². The number of hydrogen-bond donors (Lipinski definition) is 2. The van der Waals surface area contributed by atoms with Crippen molar-refractivity contribution in [3.05, 3.63) is 95.2 Å². The summed E-state index contributed by atoms with van der Waals surface area (Å²) in [7, 11) is 1.69. The van der Waals surface area contributed by atoms with Gasteiger partial charge in [0.15, 0.2) is 5.82 Å². The lowest BCUT2D eigenvalue weighted by Crippen LogP contribution is -2.21. The van der Waals surface area contributed by atoms with Crippen molar-refractivity contribution in [2.75, 3.05) is 5.32 Å². The number of nitrogens with one attached hydrogen (secondary N) is 2. The van der Waals surface area contributed by atoms with Gasteiger partial charge in [-0.05, 0) is 47.5 Å². The maximum Gasteiger partial charge on any atom is 0.249 e. The van der Waals surface area contributed by atoms with Crippen LogP contribution in [0.25, 0.3) is 12.2 Å². The van der Waals surface area contributed by atoms with E-state index in [1.165, 1.54) is 53.3 Å². The summed E-state index contributed by atoms with van der Waals surface area (Å²) < 4.78 is 27.9. The average Bonchev–Trinajstić information content (AvgIpc) is 3.08. The summed E-state index contributed by atoms with van der Waals surface area (Å²) in [5.74, 6) is -1.30. The highest BCUT2D eigenvalue weighted by Gasteiger charge is 2.10. The second-order valence-electron chi connectivity index (χ2n) is 6.66. The number of nitrogens with zero attached hydrogens (tertiary/aromatic N) is 2. The Hall–Kier alpha value is -4.07. The van der Waals surface area contributed by atoms with Gasteiger partial charge in [-0.1, -0.05) is 24.3 Å². The number of aromatic nitrogens is 2. The highest BCUT2D eigenvalue weighted by atomic mass is 19.1. The molecule has 0 saturated carbocycles. The topological polar surface area (TPSA) is 76.0 Å². The third-order valence-corrected chi connectivity index (χ3v) is 4.15. The predicted octanol–water partition coefficient (Wildman–Crippen LogP) is 3.68. The van der Waals surface area contributed by atoms with Crippen LogP contribution in [0.4, 0.5) is 14.6 Å². The Morgan fingerprint density at radius 2 is 1.55 bits per heavy atom. The van der Waals surface area contributed by atoms with Gasteiger partial charge in [0.2, 0.25) is 11.8 Å². The van der Waals surface area contributed by atoms with Gasteiger partial charge in [-0.2, -0.15) is 5.10 Å².